The first-order chi connectivity index (χ1) is 17.2. The summed E-state index contributed by atoms with van der Waals surface area (Å²) >= 11 is -4.65. The summed E-state index contributed by atoms with van der Waals surface area (Å²) < 4.78 is 11.7. The van der Waals surface area contributed by atoms with Crippen molar-refractivity contribution in [2.24, 2.45) is 0 Å². The van der Waals surface area contributed by atoms with Gasteiger partial charge in [0.15, 0.2) is 0 Å². The summed E-state index contributed by atoms with van der Waals surface area (Å²) in [7, 11) is 16.5. The maximum absolute atomic E-state index is 8.25. The first-order valence-corrected chi connectivity index (χ1v) is 28.8. The van der Waals surface area contributed by atoms with Gasteiger partial charge in [0.25, 0.3) is 0 Å². The van der Waals surface area contributed by atoms with Crippen molar-refractivity contribution in [2.45, 2.75) is 34.2 Å². The molecule has 2 atom stereocenters. The van der Waals surface area contributed by atoms with Crippen molar-refractivity contribution in [3.8, 4) is 22.6 Å². The van der Waals surface area contributed by atoms with Crippen molar-refractivity contribution in [3.05, 3.63) is 107 Å². The Kier molecular flexibility index (Phi) is 5.85. The Balaban J connectivity index is 1.57. The van der Waals surface area contributed by atoms with Crippen molar-refractivity contribution < 1.29 is 24.4 Å². The van der Waals surface area contributed by atoms with Gasteiger partial charge in [0.05, 0.1) is 0 Å². The second-order valence-electron chi connectivity index (χ2n) is 10.6. The second-order valence-corrected chi connectivity index (χ2v) is 53.1. The molecule has 0 N–H and O–H groups in total. The normalized spacial score (nSPS) is 20.0. The number of furan rings is 2. The van der Waals surface area contributed by atoms with E-state index in [0.717, 1.165) is 22.6 Å². The van der Waals surface area contributed by atoms with Gasteiger partial charge in [0.1, 0.15) is 0 Å². The van der Waals surface area contributed by atoms with Crippen LogP contribution in [-0.2, 0) is 15.6 Å². The summed E-state index contributed by atoms with van der Waals surface area (Å²) in [5.41, 5.74) is 9.71. The van der Waals surface area contributed by atoms with Gasteiger partial charge in [-0.1, -0.05) is 0 Å². The van der Waals surface area contributed by atoms with Crippen LogP contribution in [0.2, 0.25) is 13.1 Å². The van der Waals surface area contributed by atoms with E-state index in [-0.39, 0.29) is 7.25 Å². The van der Waals surface area contributed by atoms with Gasteiger partial charge in [0.2, 0.25) is 0 Å². The molecule has 2 aliphatic carbocycles. The van der Waals surface area contributed by atoms with E-state index in [1.54, 1.807) is 12.5 Å². The van der Waals surface area contributed by atoms with Crippen LogP contribution >= 0.6 is 17.0 Å². The molecule has 0 radical (unpaired) electrons. The van der Waals surface area contributed by atoms with Gasteiger partial charge in [-0.05, 0) is 0 Å². The molecule has 0 spiro atoms. The van der Waals surface area contributed by atoms with E-state index in [2.05, 4.69) is 75.5 Å². The molecule has 0 amide bonds. The number of fused-ring (bicyclic) bond motifs is 2. The fourth-order valence-corrected chi connectivity index (χ4v) is 39.6. The van der Waals surface area contributed by atoms with Crippen LogP contribution in [-0.4, -0.2) is 5.92 Å². The fourth-order valence-electron chi connectivity index (χ4n) is 6.70. The monoisotopic (exact) mass is 609 g/mol. The topological polar surface area (TPSA) is 26.3 Å². The van der Waals surface area contributed by atoms with Crippen LogP contribution in [0.15, 0.2) is 93.2 Å². The summed E-state index contributed by atoms with van der Waals surface area (Å²) in [4.78, 5) is 0. The Morgan fingerprint density at radius 1 is 0.667 bits per heavy atom. The number of hydrogen-bond acceptors (Lipinski definition) is 2. The molecule has 2 nitrogen and oxygen atoms in total. The first kappa shape index (κ1) is 24.5. The van der Waals surface area contributed by atoms with Gasteiger partial charge in [-0.15, -0.1) is 0 Å². The molecule has 2 unspecified atom stereocenters. The third kappa shape index (κ3) is 3.38. The quantitative estimate of drug-likeness (QED) is 0.210. The maximum atomic E-state index is 8.25. The van der Waals surface area contributed by atoms with E-state index in [1.807, 2.05) is 24.3 Å². The van der Waals surface area contributed by atoms with Crippen molar-refractivity contribution in [1.29, 1.82) is 0 Å². The number of allylic oxidation sites excluding steroid dienone is 2. The van der Waals surface area contributed by atoms with E-state index < -0.39 is 21.5 Å². The molecule has 2 aromatic heterocycles. The van der Waals surface area contributed by atoms with Crippen LogP contribution in [0.4, 0.5) is 0 Å². The number of halogens is 2. The van der Waals surface area contributed by atoms with Crippen LogP contribution in [0, 0.1) is 0 Å². The SMILES string of the molecule is CC1=Cc2c(-c3ccco3)cccc2[CH]1[Zr]([Cl])([Cl])([CH]1C(C)=Cc2c(-c3ccco3)cccc21)[SiH](C)C. The zero-order valence-corrected chi connectivity index (χ0v) is 26.0. The van der Waals surface area contributed by atoms with Gasteiger partial charge < -0.3 is 0 Å². The van der Waals surface area contributed by atoms with Gasteiger partial charge in [-0.2, -0.15) is 0 Å². The number of benzene rings is 2. The third-order valence-corrected chi connectivity index (χ3v) is 60.6. The fraction of sp³-hybridized carbons (Fsp3) is 0.200. The molecule has 6 heteroatoms. The van der Waals surface area contributed by atoms with Gasteiger partial charge >= 0.3 is 223 Å². The molecule has 0 bridgehead atoms. The van der Waals surface area contributed by atoms with Crippen molar-refractivity contribution in [2.75, 3.05) is 0 Å². The van der Waals surface area contributed by atoms with E-state index in [9.17, 15) is 0 Å². The minimum absolute atomic E-state index is 0.0675. The Bertz CT molecular complexity index is 1420. The molecular weight excluding hydrogens is 583 g/mol. The summed E-state index contributed by atoms with van der Waals surface area (Å²) in [6, 6.07) is 20.9. The predicted molar refractivity (Wildman–Crippen MR) is 152 cm³/mol. The molecule has 4 aromatic rings. The third-order valence-electron chi connectivity index (χ3n) is 8.34. The first-order valence-electron chi connectivity index (χ1n) is 12.5. The van der Waals surface area contributed by atoms with E-state index in [1.165, 1.54) is 33.4 Å². The van der Waals surface area contributed by atoms with Crippen molar-refractivity contribution in [3.63, 3.8) is 0 Å². The Hall–Kier alpha value is -1.84. The Morgan fingerprint density at radius 3 is 1.47 bits per heavy atom. The summed E-state index contributed by atoms with van der Waals surface area (Å²) in [5, 5.41) is 0. The zero-order chi connectivity index (χ0) is 25.3. The molecular formula is C30H29Cl2O2SiZr. The predicted octanol–water partition coefficient (Wildman–Crippen LogP) is 9.80. The standard InChI is InChI=1S/2C14H11O.C2H7Si.2ClH.Zr/c2*1-10-8-11-4-2-5-12(13(11)9-10)14-6-3-7-15-14;1-3-2;;;/h2*2-9H,1H3;3H,1-2H3;2*1H;/q;;;;;+2/p-2. The number of hydrogen-bond donors (Lipinski definition) is 0. The molecule has 0 saturated carbocycles. The molecule has 6 rings (SSSR count). The van der Waals surface area contributed by atoms with E-state index in [4.69, 9.17) is 25.9 Å². The average molecular weight is 612 g/mol. The molecule has 0 fully saturated rings. The summed E-state index contributed by atoms with van der Waals surface area (Å²) in [6.07, 6.45) is 8.07. The average Bonchev–Trinajstić information content (AvgIpc) is 3.63. The van der Waals surface area contributed by atoms with Gasteiger partial charge in [-0.3, -0.25) is 0 Å². The van der Waals surface area contributed by atoms with Crippen LogP contribution in [0.5, 0.6) is 0 Å². The molecule has 36 heavy (non-hydrogen) atoms. The van der Waals surface area contributed by atoms with Crippen LogP contribution in [0.25, 0.3) is 34.8 Å². The molecule has 2 aromatic carbocycles. The Morgan fingerprint density at radius 2 is 1.11 bits per heavy atom. The van der Waals surface area contributed by atoms with Gasteiger partial charge in [-0.25, -0.2) is 0 Å². The zero-order valence-electron chi connectivity index (χ0n) is 20.9. The summed E-state index contributed by atoms with van der Waals surface area (Å²) in [6.45, 7) is 9.18. The molecule has 0 saturated heterocycles. The van der Waals surface area contributed by atoms with Crippen LogP contribution in [0.3, 0.4) is 0 Å². The molecule has 0 aliphatic heterocycles. The molecule has 2 heterocycles. The summed E-state index contributed by atoms with van der Waals surface area (Å²) in [5.74, 6) is 0.196. The molecule has 2 aliphatic rings. The van der Waals surface area contributed by atoms with Crippen molar-refractivity contribution >= 4 is 35.1 Å². The second kappa shape index (κ2) is 8.60. The Labute approximate surface area is 221 Å². The number of rotatable bonds is 5. The van der Waals surface area contributed by atoms with Crippen molar-refractivity contribution in [1.82, 2.24) is 0 Å². The van der Waals surface area contributed by atoms with E-state index >= 15 is 0 Å². The molecule has 183 valence electrons. The van der Waals surface area contributed by atoms with E-state index in [0.29, 0.717) is 0 Å². The minimum atomic E-state index is -4.65. The van der Waals surface area contributed by atoms with Crippen LogP contribution in [0.1, 0.15) is 43.4 Å². The van der Waals surface area contributed by atoms with Gasteiger partial charge in [0, 0.05) is 0 Å². The van der Waals surface area contributed by atoms with Crippen LogP contribution < -0.4 is 0 Å².